The highest BCUT2D eigenvalue weighted by Gasteiger charge is 2.24. The lowest BCUT2D eigenvalue weighted by Crippen LogP contribution is -2.16. The first kappa shape index (κ1) is 21.1. The fourth-order valence-corrected chi connectivity index (χ4v) is 3.46. The number of benzene rings is 3. The van der Waals surface area contributed by atoms with Gasteiger partial charge >= 0.3 is 5.97 Å². The summed E-state index contributed by atoms with van der Waals surface area (Å²) in [5.74, 6) is -0.975. The number of nitrogen functional groups attached to an aromatic ring is 1. The molecular weight excluding hydrogens is 378 g/mol. The highest BCUT2D eigenvalue weighted by atomic mass is 16.5. The molecule has 0 aliphatic rings. The molecule has 5 heteroatoms. The lowest BCUT2D eigenvalue weighted by atomic mass is 9.85. The minimum absolute atomic E-state index is 0.0731. The largest absolute Gasteiger partial charge is 0.489 e. The van der Waals surface area contributed by atoms with Crippen LogP contribution in [0, 0.1) is 6.92 Å². The third-order valence-electron chi connectivity index (χ3n) is 5.00. The number of carboxylic acids is 1. The lowest BCUT2D eigenvalue weighted by molar-refractivity contribution is -0.137. The Morgan fingerprint density at radius 2 is 1.77 bits per heavy atom. The van der Waals surface area contributed by atoms with Gasteiger partial charge in [-0.05, 0) is 54.3 Å². The summed E-state index contributed by atoms with van der Waals surface area (Å²) in [6, 6.07) is 22.0. The summed E-state index contributed by atoms with van der Waals surface area (Å²) in [7, 11) is 0. The molecule has 0 amide bonds. The van der Waals surface area contributed by atoms with Gasteiger partial charge in [0, 0.05) is 23.6 Å². The van der Waals surface area contributed by atoms with Crippen molar-refractivity contribution in [3.05, 3.63) is 95.1 Å². The number of hydrogen-bond donors (Lipinski definition) is 2. The molecule has 0 aromatic heterocycles. The average molecular weight is 403 g/mol. The molecule has 3 rings (SSSR count). The van der Waals surface area contributed by atoms with E-state index in [1.165, 1.54) is 0 Å². The molecule has 0 heterocycles. The molecule has 154 valence electrons. The van der Waals surface area contributed by atoms with Gasteiger partial charge in [0.1, 0.15) is 12.4 Å². The van der Waals surface area contributed by atoms with Crippen LogP contribution >= 0.6 is 0 Å². The molecule has 30 heavy (non-hydrogen) atoms. The number of nitrogens with two attached hydrogens (primary N) is 1. The highest BCUT2D eigenvalue weighted by Crippen LogP contribution is 2.29. The van der Waals surface area contributed by atoms with Crippen LogP contribution < -0.4 is 10.5 Å². The van der Waals surface area contributed by atoms with Crippen molar-refractivity contribution >= 4 is 17.4 Å². The number of hydrogen-bond acceptors (Lipinski definition) is 4. The number of carbonyl (C=O) groups excluding carboxylic acids is 1. The van der Waals surface area contributed by atoms with Crippen LogP contribution in [0.25, 0.3) is 0 Å². The molecule has 0 fully saturated rings. The molecule has 0 saturated heterocycles. The Morgan fingerprint density at radius 1 is 1.00 bits per heavy atom. The fraction of sp³-hybridized carbons (Fsp3) is 0.200. The van der Waals surface area contributed by atoms with Crippen molar-refractivity contribution in [2.75, 3.05) is 5.73 Å². The van der Waals surface area contributed by atoms with Crippen LogP contribution in [0.1, 0.15) is 45.8 Å². The molecule has 0 bridgehead atoms. The van der Waals surface area contributed by atoms with Crippen molar-refractivity contribution in [3.8, 4) is 5.75 Å². The van der Waals surface area contributed by atoms with Crippen LogP contribution in [-0.4, -0.2) is 16.9 Å². The molecule has 3 aromatic carbocycles. The number of carboxylic acid groups (broad SMARTS) is 1. The van der Waals surface area contributed by atoms with Gasteiger partial charge in [-0.15, -0.1) is 0 Å². The van der Waals surface area contributed by atoms with E-state index in [1.807, 2.05) is 55.5 Å². The zero-order chi connectivity index (χ0) is 21.5. The van der Waals surface area contributed by atoms with Gasteiger partial charge in [-0.25, -0.2) is 0 Å². The average Bonchev–Trinajstić information content (AvgIpc) is 2.73. The maximum atomic E-state index is 13.3. The van der Waals surface area contributed by atoms with Gasteiger partial charge in [0.15, 0.2) is 5.78 Å². The maximum Gasteiger partial charge on any atom is 0.303 e. The van der Waals surface area contributed by atoms with Gasteiger partial charge in [0.25, 0.3) is 0 Å². The number of ketones is 1. The Bertz CT molecular complexity index is 1040. The van der Waals surface area contributed by atoms with E-state index >= 15 is 0 Å². The second-order valence-electron chi connectivity index (χ2n) is 7.27. The predicted molar refractivity (Wildman–Crippen MR) is 117 cm³/mol. The maximum absolute atomic E-state index is 13.3. The summed E-state index contributed by atoms with van der Waals surface area (Å²) < 4.78 is 5.84. The van der Waals surface area contributed by atoms with Crippen molar-refractivity contribution in [2.45, 2.75) is 32.3 Å². The molecule has 0 saturated carbocycles. The number of aliphatic carboxylic acids is 1. The molecule has 3 aromatic rings. The van der Waals surface area contributed by atoms with Gasteiger partial charge in [-0.3, -0.25) is 9.59 Å². The third kappa shape index (κ3) is 5.47. The van der Waals surface area contributed by atoms with E-state index in [0.29, 0.717) is 23.6 Å². The number of anilines is 1. The normalized spacial score (nSPS) is 11.6. The molecule has 0 aliphatic heterocycles. The van der Waals surface area contributed by atoms with E-state index in [-0.39, 0.29) is 18.6 Å². The summed E-state index contributed by atoms with van der Waals surface area (Å²) >= 11 is 0. The quantitative estimate of drug-likeness (QED) is 0.388. The Balaban J connectivity index is 1.81. The number of rotatable bonds is 9. The van der Waals surface area contributed by atoms with Gasteiger partial charge in [0.05, 0.1) is 0 Å². The standard InChI is InChI=1S/C25H25NO4/c1-17-6-2-3-11-22(17)23(12-13-24(27)28)25(29)19-8-5-10-21(15-19)30-16-18-7-4-9-20(26)14-18/h2-11,14-15,23H,12-13,16,26H2,1H3,(H,27,28)/t23-/m0/s1. The van der Waals surface area contributed by atoms with Crippen LogP contribution in [0.4, 0.5) is 5.69 Å². The van der Waals surface area contributed by atoms with E-state index < -0.39 is 11.9 Å². The number of aryl methyl sites for hydroxylation is 1. The predicted octanol–water partition coefficient (Wildman–Crippen LogP) is 4.99. The zero-order valence-electron chi connectivity index (χ0n) is 16.9. The summed E-state index contributed by atoms with van der Waals surface area (Å²) in [5, 5.41) is 9.13. The second kappa shape index (κ2) is 9.74. The van der Waals surface area contributed by atoms with Crippen LogP contribution in [-0.2, 0) is 11.4 Å². The molecule has 5 nitrogen and oxygen atoms in total. The summed E-state index contributed by atoms with van der Waals surface area (Å²) in [5.41, 5.74) is 9.73. The van der Waals surface area contributed by atoms with Crippen molar-refractivity contribution < 1.29 is 19.4 Å². The van der Waals surface area contributed by atoms with Crippen molar-refractivity contribution in [1.82, 2.24) is 0 Å². The van der Waals surface area contributed by atoms with Crippen molar-refractivity contribution in [3.63, 3.8) is 0 Å². The first-order valence-electron chi connectivity index (χ1n) is 9.83. The van der Waals surface area contributed by atoms with Crippen molar-refractivity contribution in [2.24, 2.45) is 0 Å². The first-order chi connectivity index (χ1) is 14.4. The highest BCUT2D eigenvalue weighted by molar-refractivity contribution is 6.01. The van der Waals surface area contributed by atoms with Crippen molar-refractivity contribution in [1.29, 1.82) is 0 Å². The van der Waals surface area contributed by atoms with Crippen LogP contribution in [0.3, 0.4) is 0 Å². The minimum atomic E-state index is -0.916. The number of Topliss-reactive ketones (excluding diaryl/α,β-unsaturated/α-hetero) is 1. The summed E-state index contributed by atoms with van der Waals surface area (Å²) in [6.45, 7) is 2.27. The molecule has 0 aliphatic carbocycles. The molecule has 0 unspecified atom stereocenters. The van der Waals surface area contributed by atoms with E-state index in [4.69, 9.17) is 15.6 Å². The van der Waals surface area contributed by atoms with Crippen LogP contribution in [0.2, 0.25) is 0 Å². The van der Waals surface area contributed by atoms with Gasteiger partial charge < -0.3 is 15.6 Å². The van der Waals surface area contributed by atoms with E-state index in [1.54, 1.807) is 24.3 Å². The molecule has 3 N–H and O–H groups in total. The number of carbonyl (C=O) groups is 2. The Labute approximate surface area is 176 Å². The monoisotopic (exact) mass is 403 g/mol. The SMILES string of the molecule is Cc1ccccc1[C@H](CCC(=O)O)C(=O)c1cccc(OCc2cccc(N)c2)c1. The van der Waals surface area contributed by atoms with Gasteiger partial charge in [-0.1, -0.05) is 48.5 Å². The smallest absolute Gasteiger partial charge is 0.303 e. The molecular formula is C25H25NO4. The zero-order valence-corrected chi connectivity index (χ0v) is 16.9. The Hall–Kier alpha value is -3.60. The van der Waals surface area contributed by atoms with E-state index in [2.05, 4.69) is 0 Å². The van der Waals surface area contributed by atoms with Gasteiger partial charge in [-0.2, -0.15) is 0 Å². The lowest BCUT2D eigenvalue weighted by Gasteiger charge is -2.18. The summed E-state index contributed by atoms with van der Waals surface area (Å²) in [6.07, 6.45) is 0.170. The second-order valence-corrected chi connectivity index (χ2v) is 7.27. The van der Waals surface area contributed by atoms with E-state index in [9.17, 15) is 9.59 Å². The fourth-order valence-electron chi connectivity index (χ4n) is 3.46. The first-order valence-corrected chi connectivity index (χ1v) is 9.83. The molecule has 0 spiro atoms. The van der Waals surface area contributed by atoms with Crippen LogP contribution in [0.5, 0.6) is 5.75 Å². The third-order valence-corrected chi connectivity index (χ3v) is 5.00. The minimum Gasteiger partial charge on any atom is -0.489 e. The Kier molecular flexibility index (Phi) is 6.86. The number of ether oxygens (including phenoxy) is 1. The van der Waals surface area contributed by atoms with E-state index in [0.717, 1.165) is 16.7 Å². The van der Waals surface area contributed by atoms with Crippen LogP contribution in [0.15, 0.2) is 72.8 Å². The Morgan fingerprint density at radius 3 is 2.50 bits per heavy atom. The molecule has 1 atom stereocenters. The summed E-state index contributed by atoms with van der Waals surface area (Å²) in [4.78, 5) is 24.5. The van der Waals surface area contributed by atoms with Gasteiger partial charge in [0.2, 0.25) is 0 Å². The topological polar surface area (TPSA) is 89.6 Å². The molecule has 0 radical (unpaired) electrons.